The second-order valence-electron chi connectivity index (χ2n) is 4.65. The molecule has 0 saturated heterocycles. The molecule has 0 fully saturated rings. The van der Waals surface area contributed by atoms with Crippen LogP contribution in [0.2, 0.25) is 0 Å². The number of hydrogen-bond donors (Lipinski definition) is 1. The topological polar surface area (TPSA) is 24.9 Å². The van der Waals surface area contributed by atoms with Gasteiger partial charge in [0, 0.05) is 19.3 Å². The number of pyridine rings is 1. The van der Waals surface area contributed by atoms with E-state index < -0.39 is 0 Å². The van der Waals surface area contributed by atoms with Crippen molar-refractivity contribution in [1.29, 1.82) is 0 Å². The Labute approximate surface area is 113 Å². The van der Waals surface area contributed by atoms with Crippen molar-refractivity contribution in [2.45, 2.75) is 33.4 Å². The Bertz CT molecular complexity index is 552. The zero-order valence-corrected chi connectivity index (χ0v) is 11.4. The third kappa shape index (κ3) is 3.61. The van der Waals surface area contributed by atoms with E-state index in [4.69, 9.17) is 0 Å². The van der Waals surface area contributed by atoms with Crippen molar-refractivity contribution >= 4 is 0 Å². The molecule has 0 atom stereocenters. The number of rotatable bonds is 5. The Morgan fingerprint density at radius 1 is 1.21 bits per heavy atom. The predicted octanol–water partition coefficient (Wildman–Crippen LogP) is 3.38. The number of benzene rings is 1. The molecule has 0 aliphatic carbocycles. The van der Waals surface area contributed by atoms with Gasteiger partial charge in [0.1, 0.15) is 5.82 Å². The van der Waals surface area contributed by atoms with Gasteiger partial charge in [-0.25, -0.2) is 4.39 Å². The number of halogens is 1. The summed E-state index contributed by atoms with van der Waals surface area (Å²) in [7, 11) is 0. The maximum atomic E-state index is 13.4. The molecule has 3 heteroatoms. The second-order valence-corrected chi connectivity index (χ2v) is 4.65. The highest BCUT2D eigenvalue weighted by Crippen LogP contribution is 2.10. The first-order valence-electron chi connectivity index (χ1n) is 6.59. The zero-order chi connectivity index (χ0) is 13.7. The minimum Gasteiger partial charge on any atom is -0.307 e. The third-order valence-electron chi connectivity index (χ3n) is 3.22. The van der Waals surface area contributed by atoms with Crippen LogP contribution in [0.1, 0.15) is 29.3 Å². The van der Waals surface area contributed by atoms with E-state index in [0.717, 1.165) is 17.7 Å². The predicted molar refractivity (Wildman–Crippen MR) is 75.3 cm³/mol. The second kappa shape index (κ2) is 6.43. The van der Waals surface area contributed by atoms with Gasteiger partial charge in [-0.2, -0.15) is 0 Å². The van der Waals surface area contributed by atoms with Crippen molar-refractivity contribution in [3.63, 3.8) is 0 Å². The lowest BCUT2D eigenvalue weighted by molar-refractivity contribution is 0.610. The van der Waals surface area contributed by atoms with Crippen LogP contribution in [0.4, 0.5) is 4.39 Å². The van der Waals surface area contributed by atoms with Gasteiger partial charge in [0.25, 0.3) is 0 Å². The summed E-state index contributed by atoms with van der Waals surface area (Å²) in [5, 5.41) is 3.31. The monoisotopic (exact) mass is 258 g/mol. The highest BCUT2D eigenvalue weighted by molar-refractivity contribution is 5.23. The summed E-state index contributed by atoms with van der Waals surface area (Å²) in [5.74, 6) is -0.147. The van der Waals surface area contributed by atoms with Crippen LogP contribution in [0.3, 0.4) is 0 Å². The first-order chi connectivity index (χ1) is 9.20. The van der Waals surface area contributed by atoms with Crippen LogP contribution in [0.5, 0.6) is 0 Å². The van der Waals surface area contributed by atoms with Gasteiger partial charge >= 0.3 is 0 Å². The van der Waals surface area contributed by atoms with Gasteiger partial charge in [-0.1, -0.05) is 25.1 Å². The molecule has 2 aromatic rings. The number of aryl methyl sites for hydroxylation is 2. The van der Waals surface area contributed by atoms with Crippen LogP contribution >= 0.6 is 0 Å². The normalized spacial score (nSPS) is 10.7. The molecule has 0 radical (unpaired) electrons. The minimum atomic E-state index is -0.147. The van der Waals surface area contributed by atoms with Crippen LogP contribution in [-0.2, 0) is 19.5 Å². The first-order valence-corrected chi connectivity index (χ1v) is 6.59. The molecule has 19 heavy (non-hydrogen) atoms. The number of hydrogen-bond acceptors (Lipinski definition) is 2. The van der Waals surface area contributed by atoms with Crippen LogP contribution in [0.25, 0.3) is 0 Å². The molecular formula is C16H19FN2. The lowest BCUT2D eigenvalue weighted by Crippen LogP contribution is -2.15. The molecule has 0 unspecified atom stereocenters. The van der Waals surface area contributed by atoms with E-state index in [1.165, 1.54) is 5.56 Å². The van der Waals surface area contributed by atoms with Crippen molar-refractivity contribution in [2.24, 2.45) is 0 Å². The minimum absolute atomic E-state index is 0.147. The van der Waals surface area contributed by atoms with Crippen LogP contribution in [-0.4, -0.2) is 4.98 Å². The largest absolute Gasteiger partial charge is 0.307 e. The average molecular weight is 258 g/mol. The van der Waals surface area contributed by atoms with Gasteiger partial charge in [0.15, 0.2) is 0 Å². The van der Waals surface area contributed by atoms with Gasteiger partial charge in [0.05, 0.1) is 5.69 Å². The molecule has 0 saturated carbocycles. The molecule has 1 N–H and O–H groups in total. The molecule has 0 bridgehead atoms. The fourth-order valence-corrected chi connectivity index (χ4v) is 2.02. The summed E-state index contributed by atoms with van der Waals surface area (Å²) in [5.41, 5.74) is 3.96. The van der Waals surface area contributed by atoms with Crippen molar-refractivity contribution in [2.75, 3.05) is 0 Å². The smallest absolute Gasteiger partial charge is 0.126 e. The molecule has 2 rings (SSSR count). The maximum Gasteiger partial charge on any atom is 0.126 e. The molecule has 0 aliphatic rings. The standard InChI is InChI=1S/C16H19FN2/c1-3-14-5-4-8-19-16(14)11-18-10-13-7-6-12(2)15(17)9-13/h4-9,18H,3,10-11H2,1-2H3. The lowest BCUT2D eigenvalue weighted by atomic mass is 10.1. The van der Waals surface area contributed by atoms with Crippen LogP contribution in [0, 0.1) is 12.7 Å². The van der Waals surface area contributed by atoms with Crippen LogP contribution < -0.4 is 5.32 Å². The highest BCUT2D eigenvalue weighted by Gasteiger charge is 2.02. The van der Waals surface area contributed by atoms with Gasteiger partial charge in [-0.3, -0.25) is 4.98 Å². The van der Waals surface area contributed by atoms with Crippen molar-refractivity contribution in [3.05, 3.63) is 64.7 Å². The molecule has 0 amide bonds. The fraction of sp³-hybridized carbons (Fsp3) is 0.312. The van der Waals surface area contributed by atoms with E-state index in [1.54, 1.807) is 13.0 Å². The van der Waals surface area contributed by atoms with Crippen molar-refractivity contribution in [3.8, 4) is 0 Å². The molecule has 0 aliphatic heterocycles. The molecule has 0 spiro atoms. The maximum absolute atomic E-state index is 13.4. The van der Waals surface area contributed by atoms with Gasteiger partial charge in [0.2, 0.25) is 0 Å². The third-order valence-corrected chi connectivity index (χ3v) is 3.22. The lowest BCUT2D eigenvalue weighted by Gasteiger charge is -2.08. The van der Waals surface area contributed by atoms with E-state index in [9.17, 15) is 4.39 Å². The summed E-state index contributed by atoms with van der Waals surface area (Å²) in [4.78, 5) is 4.38. The molecule has 2 nitrogen and oxygen atoms in total. The number of nitrogens with zero attached hydrogens (tertiary/aromatic N) is 1. The fourth-order valence-electron chi connectivity index (χ4n) is 2.02. The van der Waals surface area contributed by atoms with E-state index in [0.29, 0.717) is 18.7 Å². The summed E-state index contributed by atoms with van der Waals surface area (Å²) >= 11 is 0. The number of nitrogens with one attached hydrogen (secondary N) is 1. The van der Waals surface area contributed by atoms with E-state index >= 15 is 0 Å². The summed E-state index contributed by atoms with van der Waals surface area (Å²) < 4.78 is 13.4. The summed E-state index contributed by atoms with van der Waals surface area (Å²) in [6.07, 6.45) is 2.78. The summed E-state index contributed by atoms with van der Waals surface area (Å²) in [6.45, 7) is 5.25. The summed E-state index contributed by atoms with van der Waals surface area (Å²) in [6, 6.07) is 9.39. The van der Waals surface area contributed by atoms with Crippen molar-refractivity contribution < 1.29 is 4.39 Å². The Morgan fingerprint density at radius 2 is 2.05 bits per heavy atom. The molecule has 1 aromatic carbocycles. The Morgan fingerprint density at radius 3 is 2.79 bits per heavy atom. The van der Waals surface area contributed by atoms with Gasteiger partial charge in [-0.15, -0.1) is 0 Å². The van der Waals surface area contributed by atoms with E-state index in [-0.39, 0.29) is 5.82 Å². The Kier molecular flexibility index (Phi) is 4.63. The molecule has 1 aromatic heterocycles. The quantitative estimate of drug-likeness (QED) is 0.889. The average Bonchev–Trinajstić information content (AvgIpc) is 2.43. The SMILES string of the molecule is CCc1cccnc1CNCc1ccc(C)c(F)c1. The number of aromatic nitrogens is 1. The van der Waals surface area contributed by atoms with Gasteiger partial charge < -0.3 is 5.32 Å². The Balaban J connectivity index is 1.94. The zero-order valence-electron chi connectivity index (χ0n) is 11.4. The highest BCUT2D eigenvalue weighted by atomic mass is 19.1. The molecule has 1 heterocycles. The molecular weight excluding hydrogens is 239 g/mol. The first kappa shape index (κ1) is 13.7. The Hall–Kier alpha value is -1.74. The molecule has 100 valence electrons. The van der Waals surface area contributed by atoms with E-state index in [1.807, 2.05) is 24.4 Å². The van der Waals surface area contributed by atoms with Crippen molar-refractivity contribution in [1.82, 2.24) is 10.3 Å². The van der Waals surface area contributed by atoms with Gasteiger partial charge in [-0.05, 0) is 42.2 Å². The van der Waals surface area contributed by atoms with E-state index in [2.05, 4.69) is 23.3 Å². The van der Waals surface area contributed by atoms with Crippen LogP contribution in [0.15, 0.2) is 36.5 Å².